The molecule has 2 aromatic carbocycles. The number of fused-ring (bicyclic) bond motifs is 1. The first-order chi connectivity index (χ1) is 12.0. The summed E-state index contributed by atoms with van der Waals surface area (Å²) in [5.41, 5.74) is 3.40. The topological polar surface area (TPSA) is 59.6 Å². The van der Waals surface area contributed by atoms with Crippen molar-refractivity contribution in [3.05, 3.63) is 76.6 Å². The molecule has 122 valence electrons. The maximum absolute atomic E-state index is 9.50. The van der Waals surface area contributed by atoms with Crippen LogP contribution in [-0.2, 0) is 0 Å². The summed E-state index contributed by atoms with van der Waals surface area (Å²) in [6.45, 7) is 3.67. The number of nitrogens with one attached hydrogen (secondary N) is 1. The summed E-state index contributed by atoms with van der Waals surface area (Å²) in [7, 11) is 0. The molecule has 1 aliphatic heterocycles. The summed E-state index contributed by atoms with van der Waals surface area (Å²) in [5, 5.41) is 24.9. The lowest BCUT2D eigenvalue weighted by molar-refractivity contribution is 0.799. The zero-order valence-corrected chi connectivity index (χ0v) is 14.7. The van der Waals surface area contributed by atoms with Crippen molar-refractivity contribution in [3.63, 3.8) is 0 Å². The molecule has 2 aromatic rings. The van der Waals surface area contributed by atoms with Gasteiger partial charge in [-0.3, -0.25) is 0 Å². The van der Waals surface area contributed by atoms with Crippen molar-refractivity contribution in [2.75, 3.05) is 0 Å². The van der Waals surface area contributed by atoms with Crippen molar-refractivity contribution in [3.8, 4) is 12.1 Å². The van der Waals surface area contributed by atoms with E-state index in [9.17, 15) is 10.5 Å². The van der Waals surface area contributed by atoms with Crippen LogP contribution in [0.5, 0.6) is 0 Å². The molecule has 0 bridgehead atoms. The molecule has 3 rings (SSSR count). The van der Waals surface area contributed by atoms with Crippen LogP contribution in [0.4, 0.5) is 0 Å². The van der Waals surface area contributed by atoms with Crippen molar-refractivity contribution in [2.24, 2.45) is 5.92 Å². The summed E-state index contributed by atoms with van der Waals surface area (Å²) in [4.78, 5) is 0. The second-order valence-corrected chi connectivity index (χ2v) is 6.39. The van der Waals surface area contributed by atoms with Crippen molar-refractivity contribution < 1.29 is 0 Å². The molecule has 0 atom stereocenters. The Morgan fingerprint density at radius 3 is 2.20 bits per heavy atom. The molecule has 0 radical (unpaired) electrons. The Labute approximate surface area is 152 Å². The molecule has 0 aromatic heterocycles. The smallest absolute Gasteiger partial charge is 0.0975 e. The minimum absolute atomic E-state index is 0.435. The largest absolute Gasteiger partial charge is 0.361 e. The van der Waals surface area contributed by atoms with Gasteiger partial charge in [0.05, 0.1) is 29.2 Å². The van der Waals surface area contributed by atoms with E-state index in [2.05, 4.69) is 17.5 Å². The van der Waals surface area contributed by atoms with Crippen LogP contribution < -0.4 is 5.32 Å². The number of nitrogens with zero attached hydrogens (tertiary/aromatic N) is 2. The van der Waals surface area contributed by atoms with Crippen molar-refractivity contribution in [1.82, 2.24) is 5.32 Å². The summed E-state index contributed by atoms with van der Waals surface area (Å²) >= 11 is 6.56. The summed E-state index contributed by atoms with van der Waals surface area (Å²) in [5.74, 6) is -0.435. The first-order valence-electron chi connectivity index (χ1n) is 7.90. The third-order valence-corrected chi connectivity index (χ3v) is 4.73. The van der Waals surface area contributed by atoms with Gasteiger partial charge >= 0.3 is 0 Å². The lowest BCUT2D eigenvalue weighted by Crippen LogP contribution is -2.23. The fourth-order valence-corrected chi connectivity index (χ4v) is 3.32. The predicted octanol–water partition coefficient (Wildman–Crippen LogP) is 5.23. The zero-order valence-electron chi connectivity index (χ0n) is 14.0. The van der Waals surface area contributed by atoms with Crippen LogP contribution in [0.2, 0.25) is 0 Å². The number of nitriles is 2. The summed E-state index contributed by atoms with van der Waals surface area (Å²) in [6.07, 6.45) is 1.79. The molecule has 25 heavy (non-hydrogen) atoms. The number of halogens is 1. The Hall–Kier alpha value is -3.01. The Bertz CT molecular complexity index is 993. The van der Waals surface area contributed by atoms with Gasteiger partial charge in [-0.2, -0.15) is 10.5 Å². The van der Waals surface area contributed by atoms with Gasteiger partial charge in [0.1, 0.15) is 0 Å². The highest BCUT2D eigenvalue weighted by Crippen LogP contribution is 2.34. The number of allylic oxidation sites excluding steroid dienone is 5. The van der Waals surface area contributed by atoms with Gasteiger partial charge in [0, 0.05) is 16.4 Å². The molecule has 0 amide bonds. The SMILES string of the molecule is CC1=C(C#N)C(/C=C(\Cl)c2ccc3ccccc3c2)C(C#N)=C(C)N1. The maximum atomic E-state index is 9.50. The van der Waals surface area contributed by atoms with Crippen LogP contribution in [0.1, 0.15) is 19.4 Å². The van der Waals surface area contributed by atoms with E-state index in [0.29, 0.717) is 16.2 Å². The average Bonchev–Trinajstić information content (AvgIpc) is 2.61. The highest BCUT2D eigenvalue weighted by atomic mass is 35.5. The maximum Gasteiger partial charge on any atom is 0.0975 e. The summed E-state index contributed by atoms with van der Waals surface area (Å²) in [6, 6.07) is 18.4. The first kappa shape index (κ1) is 16.8. The molecule has 1 N–H and O–H groups in total. The summed E-state index contributed by atoms with van der Waals surface area (Å²) < 4.78 is 0. The monoisotopic (exact) mass is 345 g/mol. The van der Waals surface area contributed by atoms with Gasteiger partial charge in [0.25, 0.3) is 0 Å². The highest BCUT2D eigenvalue weighted by molar-refractivity contribution is 6.48. The second-order valence-electron chi connectivity index (χ2n) is 5.98. The number of hydrogen-bond donors (Lipinski definition) is 1. The molecule has 4 heteroatoms. The fraction of sp³-hybridized carbons (Fsp3) is 0.143. The van der Waals surface area contributed by atoms with Crippen molar-refractivity contribution in [1.29, 1.82) is 10.5 Å². The van der Waals surface area contributed by atoms with Crippen LogP contribution in [0.3, 0.4) is 0 Å². The zero-order chi connectivity index (χ0) is 18.0. The number of hydrogen-bond acceptors (Lipinski definition) is 3. The Morgan fingerprint density at radius 2 is 1.60 bits per heavy atom. The van der Waals surface area contributed by atoms with Gasteiger partial charge in [0.15, 0.2) is 0 Å². The van der Waals surface area contributed by atoms with Crippen LogP contribution >= 0.6 is 11.6 Å². The molecule has 0 saturated carbocycles. The van der Waals surface area contributed by atoms with E-state index in [1.807, 2.05) is 56.3 Å². The second kappa shape index (κ2) is 6.85. The van der Waals surface area contributed by atoms with Gasteiger partial charge in [-0.25, -0.2) is 0 Å². The van der Waals surface area contributed by atoms with E-state index in [-0.39, 0.29) is 0 Å². The molecule has 0 unspecified atom stereocenters. The average molecular weight is 346 g/mol. The molecule has 0 saturated heterocycles. The molecular formula is C21H16ClN3. The van der Waals surface area contributed by atoms with Gasteiger partial charge < -0.3 is 5.32 Å². The van der Waals surface area contributed by atoms with Crippen LogP contribution in [-0.4, -0.2) is 0 Å². The van der Waals surface area contributed by atoms with Crippen molar-refractivity contribution in [2.45, 2.75) is 13.8 Å². The van der Waals surface area contributed by atoms with E-state index in [4.69, 9.17) is 11.6 Å². The predicted molar refractivity (Wildman–Crippen MR) is 101 cm³/mol. The van der Waals surface area contributed by atoms with Crippen LogP contribution in [0.25, 0.3) is 15.8 Å². The van der Waals surface area contributed by atoms with E-state index in [1.165, 1.54) is 0 Å². The van der Waals surface area contributed by atoms with Gasteiger partial charge in [-0.15, -0.1) is 0 Å². The van der Waals surface area contributed by atoms with Gasteiger partial charge in [0.2, 0.25) is 0 Å². The number of benzene rings is 2. The molecule has 1 heterocycles. The third-order valence-electron chi connectivity index (χ3n) is 4.38. The number of dihydropyridines is 1. The number of rotatable bonds is 2. The van der Waals surface area contributed by atoms with E-state index < -0.39 is 5.92 Å². The van der Waals surface area contributed by atoms with E-state index in [1.54, 1.807) is 6.08 Å². The van der Waals surface area contributed by atoms with Crippen LogP contribution in [0.15, 0.2) is 71.1 Å². The first-order valence-corrected chi connectivity index (χ1v) is 8.28. The molecule has 0 aliphatic carbocycles. The minimum Gasteiger partial charge on any atom is -0.361 e. The minimum atomic E-state index is -0.435. The Kier molecular flexibility index (Phi) is 4.61. The van der Waals surface area contributed by atoms with E-state index >= 15 is 0 Å². The van der Waals surface area contributed by atoms with E-state index in [0.717, 1.165) is 27.7 Å². The molecule has 3 nitrogen and oxygen atoms in total. The van der Waals surface area contributed by atoms with Crippen LogP contribution in [0, 0.1) is 28.6 Å². The highest BCUT2D eigenvalue weighted by Gasteiger charge is 2.26. The normalized spacial score (nSPS) is 15.8. The Morgan fingerprint density at radius 1 is 1.00 bits per heavy atom. The van der Waals surface area contributed by atoms with Gasteiger partial charge in [-0.05, 0) is 36.2 Å². The Balaban J connectivity index is 2.08. The molecule has 0 spiro atoms. The third kappa shape index (κ3) is 3.15. The molecule has 1 aliphatic rings. The van der Waals surface area contributed by atoms with Gasteiger partial charge in [-0.1, -0.05) is 54.1 Å². The standard InChI is InChI=1S/C21H16ClN3/c1-13-19(11-23)18(20(12-24)14(2)25-13)10-21(22)17-8-7-15-5-3-4-6-16(15)9-17/h3-10,18,25H,1-2H3/b21-10-. The molecular weight excluding hydrogens is 330 g/mol. The van der Waals surface area contributed by atoms with Crippen molar-refractivity contribution >= 4 is 27.4 Å². The quantitative estimate of drug-likeness (QED) is 0.810. The molecule has 0 fully saturated rings. The lowest BCUT2D eigenvalue weighted by atomic mass is 9.86. The lowest BCUT2D eigenvalue weighted by Gasteiger charge is -2.24. The fourth-order valence-electron chi connectivity index (χ4n) is 3.08.